The highest BCUT2D eigenvalue weighted by Gasteiger charge is 2.18. The van der Waals surface area contributed by atoms with Gasteiger partial charge < -0.3 is 20.2 Å². The summed E-state index contributed by atoms with van der Waals surface area (Å²) in [5.74, 6) is 0.399. The third-order valence-corrected chi connectivity index (χ3v) is 6.43. The minimum absolute atomic E-state index is 0.0477. The van der Waals surface area contributed by atoms with Crippen molar-refractivity contribution < 1.29 is 5.11 Å². The van der Waals surface area contributed by atoms with Crippen molar-refractivity contribution in [2.45, 2.75) is 13.2 Å². The Morgan fingerprint density at radius 3 is 2.53 bits per heavy atom. The van der Waals surface area contributed by atoms with Crippen molar-refractivity contribution in [1.82, 2.24) is 24.2 Å². The molecule has 0 radical (unpaired) electrons. The number of nitrogens with one attached hydrogen (secondary N) is 1. The van der Waals surface area contributed by atoms with Crippen LogP contribution in [0.5, 0.6) is 0 Å². The zero-order valence-electron chi connectivity index (χ0n) is 19.5. The minimum atomic E-state index is -0.119. The summed E-state index contributed by atoms with van der Waals surface area (Å²) in [6, 6.07) is 15.8. The van der Waals surface area contributed by atoms with E-state index in [2.05, 4.69) is 32.1 Å². The molecule has 2 aromatic carbocycles. The lowest BCUT2D eigenvalue weighted by atomic mass is 10.1. The Balaban J connectivity index is 1.40. The van der Waals surface area contributed by atoms with E-state index in [0.717, 1.165) is 48.7 Å². The summed E-state index contributed by atoms with van der Waals surface area (Å²) in [5, 5.41) is 13.7. The largest absolute Gasteiger partial charge is 0.392 e. The maximum Gasteiger partial charge on any atom is 0.278 e. The van der Waals surface area contributed by atoms with Gasteiger partial charge in [0, 0.05) is 56.4 Å². The Morgan fingerprint density at radius 1 is 1.03 bits per heavy atom. The van der Waals surface area contributed by atoms with Gasteiger partial charge in [0.2, 0.25) is 5.95 Å². The molecular weight excluding hydrogens is 430 g/mol. The number of benzene rings is 2. The lowest BCUT2D eigenvalue weighted by Crippen LogP contribution is -2.44. The summed E-state index contributed by atoms with van der Waals surface area (Å²) in [6.45, 7) is 4.29. The number of hydrogen-bond acceptors (Lipinski definition) is 7. The van der Waals surface area contributed by atoms with Gasteiger partial charge in [-0.15, -0.1) is 0 Å². The second-order valence-corrected chi connectivity index (χ2v) is 8.72. The number of aliphatic hydroxyl groups excluding tert-OH is 1. The summed E-state index contributed by atoms with van der Waals surface area (Å²) in [5.41, 5.74) is 4.19. The SMILES string of the molecule is CN1CCN(c2ccc(Nc3ncc4c(=O)n(Cc5ccccc5)n(C)c4n3)cc2CO)CC1. The topological polar surface area (TPSA) is 91.5 Å². The highest BCUT2D eigenvalue weighted by atomic mass is 16.3. The smallest absolute Gasteiger partial charge is 0.278 e. The fourth-order valence-electron chi connectivity index (χ4n) is 4.43. The third kappa shape index (κ3) is 4.27. The van der Waals surface area contributed by atoms with Gasteiger partial charge in [-0.2, -0.15) is 4.98 Å². The molecule has 176 valence electrons. The van der Waals surface area contributed by atoms with E-state index in [1.54, 1.807) is 15.6 Å². The van der Waals surface area contributed by atoms with E-state index >= 15 is 0 Å². The number of fused-ring (bicyclic) bond motifs is 1. The molecule has 0 unspecified atom stereocenters. The first-order valence-corrected chi connectivity index (χ1v) is 11.4. The molecule has 0 amide bonds. The fraction of sp³-hybridized carbons (Fsp3) is 0.320. The molecule has 34 heavy (non-hydrogen) atoms. The van der Waals surface area contributed by atoms with Crippen molar-refractivity contribution in [2.75, 3.05) is 43.4 Å². The van der Waals surface area contributed by atoms with E-state index in [1.165, 1.54) is 0 Å². The predicted octanol–water partition coefficient (Wildman–Crippen LogP) is 2.17. The molecule has 4 aromatic rings. The molecular formula is C25H29N7O2. The molecule has 0 atom stereocenters. The van der Waals surface area contributed by atoms with E-state index in [4.69, 9.17) is 0 Å². The van der Waals surface area contributed by atoms with Crippen LogP contribution in [0.25, 0.3) is 11.0 Å². The summed E-state index contributed by atoms with van der Waals surface area (Å²) in [7, 11) is 3.96. The van der Waals surface area contributed by atoms with Gasteiger partial charge in [-0.3, -0.25) is 9.48 Å². The second-order valence-electron chi connectivity index (χ2n) is 8.72. The molecule has 5 rings (SSSR count). The van der Waals surface area contributed by atoms with Crippen molar-refractivity contribution in [3.8, 4) is 0 Å². The normalized spacial score (nSPS) is 14.6. The van der Waals surface area contributed by atoms with Crippen LogP contribution in [0.1, 0.15) is 11.1 Å². The van der Waals surface area contributed by atoms with E-state index in [1.807, 2.05) is 55.6 Å². The summed E-state index contributed by atoms with van der Waals surface area (Å²) >= 11 is 0. The highest BCUT2D eigenvalue weighted by molar-refractivity contribution is 5.75. The molecule has 0 bridgehead atoms. The molecule has 0 spiro atoms. The minimum Gasteiger partial charge on any atom is -0.392 e. The summed E-state index contributed by atoms with van der Waals surface area (Å²) in [4.78, 5) is 26.5. The van der Waals surface area contributed by atoms with Crippen molar-refractivity contribution >= 4 is 28.4 Å². The van der Waals surface area contributed by atoms with Gasteiger partial charge in [0.25, 0.3) is 5.56 Å². The predicted molar refractivity (Wildman–Crippen MR) is 134 cm³/mol. The first kappa shape index (κ1) is 22.1. The molecule has 9 heteroatoms. The first-order valence-electron chi connectivity index (χ1n) is 11.4. The number of hydrogen-bond donors (Lipinski definition) is 2. The van der Waals surface area contributed by atoms with Gasteiger partial charge in [-0.1, -0.05) is 30.3 Å². The summed E-state index contributed by atoms with van der Waals surface area (Å²) in [6.07, 6.45) is 1.57. The molecule has 1 aliphatic rings. The standard InChI is InChI=1S/C25H29N7O2/c1-29-10-12-31(13-11-29)22-9-8-20(14-19(22)17-33)27-25-26-15-21-23(28-25)30(2)32(24(21)34)16-18-6-4-3-5-7-18/h3-9,14-15,33H,10-13,16-17H2,1-2H3,(H,26,27,28). The molecule has 1 aliphatic heterocycles. The molecule has 2 aromatic heterocycles. The quantitative estimate of drug-likeness (QED) is 0.457. The van der Waals surface area contributed by atoms with Crippen LogP contribution < -0.4 is 15.8 Å². The number of anilines is 3. The van der Waals surface area contributed by atoms with E-state index < -0.39 is 0 Å². The Morgan fingerprint density at radius 2 is 1.79 bits per heavy atom. The number of likely N-dealkylation sites (N-methyl/N-ethyl adjacent to an activating group) is 1. The van der Waals surface area contributed by atoms with Crippen LogP contribution in [-0.4, -0.2) is 62.6 Å². The molecule has 0 aliphatic carbocycles. The van der Waals surface area contributed by atoms with Crippen molar-refractivity contribution in [2.24, 2.45) is 7.05 Å². The number of aromatic nitrogens is 4. The second kappa shape index (κ2) is 9.28. The van der Waals surface area contributed by atoms with Gasteiger partial charge in [0.15, 0.2) is 5.65 Å². The lowest BCUT2D eigenvalue weighted by Gasteiger charge is -2.35. The first-order chi connectivity index (χ1) is 16.5. The Labute approximate surface area is 197 Å². The summed E-state index contributed by atoms with van der Waals surface area (Å²) < 4.78 is 3.43. The van der Waals surface area contributed by atoms with Gasteiger partial charge in [-0.05, 0) is 30.8 Å². The van der Waals surface area contributed by atoms with E-state index in [9.17, 15) is 9.90 Å². The maximum absolute atomic E-state index is 12.9. The number of aryl methyl sites for hydroxylation is 1. The van der Waals surface area contributed by atoms with Gasteiger partial charge in [-0.25, -0.2) is 9.67 Å². The molecule has 0 saturated carbocycles. The molecule has 2 N–H and O–H groups in total. The third-order valence-electron chi connectivity index (χ3n) is 6.43. The van der Waals surface area contributed by atoms with Crippen LogP contribution in [0.2, 0.25) is 0 Å². The number of aliphatic hydroxyl groups is 1. The van der Waals surface area contributed by atoms with Crippen molar-refractivity contribution in [3.05, 3.63) is 76.2 Å². The van der Waals surface area contributed by atoms with E-state index in [0.29, 0.717) is 23.5 Å². The van der Waals surface area contributed by atoms with Crippen LogP contribution in [0.3, 0.4) is 0 Å². The Kier molecular flexibility index (Phi) is 6.04. The number of rotatable bonds is 6. The zero-order valence-corrected chi connectivity index (χ0v) is 19.5. The van der Waals surface area contributed by atoms with Gasteiger partial charge in [0.1, 0.15) is 5.39 Å². The molecule has 3 heterocycles. The van der Waals surface area contributed by atoms with Gasteiger partial charge in [0.05, 0.1) is 13.2 Å². The van der Waals surface area contributed by atoms with Crippen LogP contribution in [0.4, 0.5) is 17.3 Å². The molecule has 9 nitrogen and oxygen atoms in total. The average molecular weight is 460 g/mol. The highest BCUT2D eigenvalue weighted by Crippen LogP contribution is 2.27. The Hall–Kier alpha value is -3.69. The lowest BCUT2D eigenvalue weighted by molar-refractivity contribution is 0.280. The van der Waals surface area contributed by atoms with E-state index in [-0.39, 0.29) is 12.2 Å². The number of nitrogens with zero attached hydrogens (tertiary/aromatic N) is 6. The van der Waals surface area contributed by atoms with Crippen LogP contribution >= 0.6 is 0 Å². The van der Waals surface area contributed by atoms with Crippen molar-refractivity contribution in [1.29, 1.82) is 0 Å². The van der Waals surface area contributed by atoms with Gasteiger partial charge >= 0.3 is 0 Å². The molecule has 1 saturated heterocycles. The van der Waals surface area contributed by atoms with Crippen LogP contribution in [-0.2, 0) is 20.2 Å². The van der Waals surface area contributed by atoms with Crippen LogP contribution in [0, 0.1) is 0 Å². The monoisotopic (exact) mass is 459 g/mol. The van der Waals surface area contributed by atoms with Crippen molar-refractivity contribution in [3.63, 3.8) is 0 Å². The number of piperazine rings is 1. The zero-order chi connectivity index (χ0) is 23.7. The Bertz CT molecular complexity index is 1360. The fourth-order valence-corrected chi connectivity index (χ4v) is 4.43. The maximum atomic E-state index is 12.9. The molecule has 1 fully saturated rings. The average Bonchev–Trinajstić information content (AvgIpc) is 3.09. The van der Waals surface area contributed by atoms with Crippen LogP contribution in [0.15, 0.2) is 59.5 Å².